The highest BCUT2D eigenvalue weighted by Crippen LogP contribution is 2.39. The topological polar surface area (TPSA) is 87.7 Å². The Hall–Kier alpha value is -2.92. The van der Waals surface area contributed by atoms with Crippen molar-refractivity contribution in [2.45, 2.75) is 32.4 Å². The maximum atomic E-state index is 13.1. The molecule has 1 heterocycles. The van der Waals surface area contributed by atoms with E-state index in [9.17, 15) is 27.6 Å². The Morgan fingerprint density at radius 2 is 1.76 bits per heavy atom. The van der Waals surface area contributed by atoms with E-state index in [-0.39, 0.29) is 18.8 Å². The number of rotatable bonds is 8. The van der Waals surface area contributed by atoms with Gasteiger partial charge in [0.15, 0.2) is 0 Å². The number of likely N-dealkylation sites (N-methyl/N-ethyl adjacent to an activating group) is 1. The molecule has 0 spiro atoms. The summed E-state index contributed by atoms with van der Waals surface area (Å²) in [6.07, 6.45) is -2.09. The van der Waals surface area contributed by atoms with Crippen molar-refractivity contribution in [3.8, 4) is 0 Å². The number of carbonyl (C=O) groups is 3. The zero-order valence-corrected chi connectivity index (χ0v) is 19.0. The van der Waals surface area contributed by atoms with Gasteiger partial charge in [-0.25, -0.2) is 4.79 Å². The molecule has 0 saturated carbocycles. The third-order valence-electron chi connectivity index (χ3n) is 5.25. The SMILES string of the molecule is CCN(CC(=O)Nc1ccccc1C(F)(F)F)CC(=O)Nc1sc2c(c1C(=O)OC)CCC2. The predicted octanol–water partition coefficient (Wildman–Crippen LogP) is 3.94. The van der Waals surface area contributed by atoms with Crippen LogP contribution in [0.3, 0.4) is 0 Å². The quantitative estimate of drug-likeness (QED) is 0.556. The number of alkyl halides is 3. The van der Waals surface area contributed by atoms with Crippen LogP contribution in [-0.4, -0.2) is 49.4 Å². The van der Waals surface area contributed by atoms with Crippen molar-refractivity contribution < 1.29 is 32.3 Å². The van der Waals surface area contributed by atoms with Crippen molar-refractivity contribution in [1.82, 2.24) is 4.90 Å². The van der Waals surface area contributed by atoms with Gasteiger partial charge in [0.05, 0.1) is 37.0 Å². The Morgan fingerprint density at radius 1 is 1.09 bits per heavy atom. The van der Waals surface area contributed by atoms with E-state index >= 15 is 0 Å². The average Bonchev–Trinajstić information content (AvgIpc) is 3.33. The zero-order valence-electron chi connectivity index (χ0n) is 18.2. The molecule has 2 N–H and O–H groups in total. The van der Waals surface area contributed by atoms with Gasteiger partial charge < -0.3 is 15.4 Å². The minimum absolute atomic E-state index is 0.173. The number of carbonyl (C=O) groups excluding carboxylic acids is 3. The van der Waals surface area contributed by atoms with Crippen LogP contribution in [0.15, 0.2) is 24.3 Å². The molecule has 0 fully saturated rings. The number of anilines is 2. The molecule has 0 radical (unpaired) electrons. The molecule has 3 rings (SSSR count). The van der Waals surface area contributed by atoms with E-state index in [0.29, 0.717) is 17.1 Å². The van der Waals surface area contributed by atoms with E-state index < -0.39 is 29.5 Å². The van der Waals surface area contributed by atoms with E-state index in [2.05, 4.69) is 10.6 Å². The number of thiophene rings is 1. The average molecular weight is 484 g/mol. The summed E-state index contributed by atoms with van der Waals surface area (Å²) in [5.74, 6) is -1.63. The van der Waals surface area contributed by atoms with Crippen molar-refractivity contribution >= 4 is 39.8 Å². The molecule has 0 aliphatic heterocycles. The summed E-state index contributed by atoms with van der Waals surface area (Å²) in [6, 6.07) is 4.70. The highest BCUT2D eigenvalue weighted by Gasteiger charge is 2.33. The molecule has 7 nitrogen and oxygen atoms in total. The molecule has 2 amide bonds. The van der Waals surface area contributed by atoms with Gasteiger partial charge in [-0.1, -0.05) is 19.1 Å². The van der Waals surface area contributed by atoms with Gasteiger partial charge in [0.25, 0.3) is 0 Å². The summed E-state index contributed by atoms with van der Waals surface area (Å²) in [5.41, 5.74) is -0.0170. The second-order valence-electron chi connectivity index (χ2n) is 7.50. The van der Waals surface area contributed by atoms with E-state index in [1.165, 1.54) is 41.5 Å². The highest BCUT2D eigenvalue weighted by molar-refractivity contribution is 7.17. The van der Waals surface area contributed by atoms with Gasteiger partial charge in [0.2, 0.25) is 11.8 Å². The Balaban J connectivity index is 1.64. The molecule has 0 bridgehead atoms. The van der Waals surface area contributed by atoms with E-state index in [1.54, 1.807) is 6.92 Å². The number of nitrogens with zero attached hydrogens (tertiary/aromatic N) is 1. The molecular formula is C22H24F3N3O4S. The van der Waals surface area contributed by atoms with Crippen molar-refractivity contribution in [2.75, 3.05) is 37.4 Å². The summed E-state index contributed by atoms with van der Waals surface area (Å²) >= 11 is 1.34. The lowest BCUT2D eigenvalue weighted by Gasteiger charge is -2.20. The molecule has 1 aliphatic carbocycles. The standard InChI is InChI=1S/C22H24F3N3O4S/c1-3-28(11-17(29)26-15-9-5-4-8-14(15)22(23,24)25)12-18(30)27-20-19(21(31)32-2)13-7-6-10-16(13)33-20/h4-5,8-9H,3,6-7,10-12H2,1-2H3,(H,26,29)(H,27,30). The first-order valence-electron chi connectivity index (χ1n) is 10.3. The normalized spacial score (nSPS) is 13.0. The highest BCUT2D eigenvalue weighted by atomic mass is 32.1. The number of amides is 2. The second-order valence-corrected chi connectivity index (χ2v) is 8.60. The van der Waals surface area contributed by atoms with Crippen LogP contribution in [0.2, 0.25) is 0 Å². The molecule has 0 atom stereocenters. The maximum absolute atomic E-state index is 13.1. The van der Waals surface area contributed by atoms with E-state index in [4.69, 9.17) is 4.74 Å². The summed E-state index contributed by atoms with van der Waals surface area (Å²) in [4.78, 5) is 39.7. The molecule has 2 aromatic rings. The van der Waals surface area contributed by atoms with Crippen LogP contribution < -0.4 is 10.6 Å². The van der Waals surface area contributed by atoms with Crippen molar-refractivity contribution in [1.29, 1.82) is 0 Å². The number of ether oxygens (including phenoxy) is 1. The molecule has 178 valence electrons. The van der Waals surface area contributed by atoms with Crippen LogP contribution in [-0.2, 0) is 33.3 Å². The van der Waals surface area contributed by atoms with Crippen LogP contribution in [0.5, 0.6) is 0 Å². The fourth-order valence-electron chi connectivity index (χ4n) is 3.69. The molecule has 1 aromatic heterocycles. The predicted molar refractivity (Wildman–Crippen MR) is 119 cm³/mol. The van der Waals surface area contributed by atoms with Crippen LogP contribution in [0.4, 0.5) is 23.9 Å². The van der Waals surface area contributed by atoms with Crippen molar-refractivity contribution in [3.63, 3.8) is 0 Å². The number of hydrogen-bond donors (Lipinski definition) is 2. The first kappa shape index (κ1) is 24.7. The van der Waals surface area contributed by atoms with Gasteiger partial charge in [0, 0.05) is 4.88 Å². The molecule has 1 aliphatic rings. The van der Waals surface area contributed by atoms with Gasteiger partial charge in [-0.05, 0) is 43.5 Å². The van der Waals surface area contributed by atoms with Crippen molar-refractivity contribution in [2.24, 2.45) is 0 Å². The number of methoxy groups -OCH3 is 1. The monoisotopic (exact) mass is 483 g/mol. The third kappa shape index (κ3) is 5.91. The molecule has 0 saturated heterocycles. The zero-order chi connectivity index (χ0) is 24.2. The van der Waals surface area contributed by atoms with Gasteiger partial charge in [-0.15, -0.1) is 11.3 Å². The fourth-order valence-corrected chi connectivity index (χ4v) is 4.98. The minimum Gasteiger partial charge on any atom is -0.465 e. The summed E-state index contributed by atoms with van der Waals surface area (Å²) in [6.45, 7) is 1.59. The molecule has 0 unspecified atom stereocenters. The van der Waals surface area contributed by atoms with Gasteiger partial charge >= 0.3 is 12.1 Å². The van der Waals surface area contributed by atoms with Gasteiger partial charge in [-0.3, -0.25) is 14.5 Å². The first-order chi connectivity index (χ1) is 15.6. The molecular weight excluding hydrogens is 459 g/mol. The minimum atomic E-state index is -4.60. The first-order valence-corrected chi connectivity index (χ1v) is 11.2. The van der Waals surface area contributed by atoms with Crippen molar-refractivity contribution in [3.05, 3.63) is 45.8 Å². The lowest BCUT2D eigenvalue weighted by molar-refractivity contribution is -0.137. The molecule has 11 heteroatoms. The summed E-state index contributed by atoms with van der Waals surface area (Å²) < 4.78 is 44.3. The van der Waals surface area contributed by atoms with Gasteiger partial charge in [-0.2, -0.15) is 13.2 Å². The lowest BCUT2D eigenvalue weighted by Crippen LogP contribution is -2.39. The lowest BCUT2D eigenvalue weighted by atomic mass is 10.1. The van der Waals surface area contributed by atoms with Crippen LogP contribution >= 0.6 is 11.3 Å². The number of halogens is 3. The number of aryl methyl sites for hydroxylation is 1. The van der Waals surface area contributed by atoms with Gasteiger partial charge in [0.1, 0.15) is 5.00 Å². The maximum Gasteiger partial charge on any atom is 0.418 e. The number of esters is 1. The fraction of sp³-hybridized carbons (Fsp3) is 0.409. The summed E-state index contributed by atoms with van der Waals surface area (Å²) in [7, 11) is 1.28. The third-order valence-corrected chi connectivity index (χ3v) is 6.46. The smallest absolute Gasteiger partial charge is 0.418 e. The van der Waals surface area contributed by atoms with Crippen LogP contribution in [0.25, 0.3) is 0 Å². The van der Waals surface area contributed by atoms with Crippen LogP contribution in [0, 0.1) is 0 Å². The molecule has 33 heavy (non-hydrogen) atoms. The largest absolute Gasteiger partial charge is 0.465 e. The summed E-state index contributed by atoms with van der Waals surface area (Å²) in [5, 5.41) is 5.41. The number of hydrogen-bond acceptors (Lipinski definition) is 6. The number of fused-ring (bicyclic) bond motifs is 1. The number of para-hydroxylation sites is 1. The Labute approximate surface area is 192 Å². The van der Waals surface area contributed by atoms with E-state index in [1.807, 2.05) is 0 Å². The van der Waals surface area contributed by atoms with E-state index in [0.717, 1.165) is 35.8 Å². The Bertz CT molecular complexity index is 1050. The van der Waals surface area contributed by atoms with Crippen LogP contribution in [0.1, 0.15) is 39.7 Å². The second kappa shape index (κ2) is 10.3. The Morgan fingerprint density at radius 3 is 2.39 bits per heavy atom. The number of benzene rings is 1. The molecule has 1 aromatic carbocycles. The Kier molecular flexibility index (Phi) is 7.75. The number of nitrogens with one attached hydrogen (secondary N) is 2.